The van der Waals surface area contributed by atoms with Crippen LogP contribution in [-0.4, -0.2) is 16.3 Å². The van der Waals surface area contributed by atoms with E-state index >= 15 is 0 Å². The fraction of sp³-hybridized carbons (Fsp3) is 0.200. The second-order valence-electron chi connectivity index (χ2n) is 3.00. The molecule has 0 saturated carbocycles. The SMILES string of the molecule is CC(=O)NCc1ccc(C(Cl)=NO)cc1. The van der Waals surface area contributed by atoms with E-state index < -0.39 is 0 Å². The Labute approximate surface area is 92.5 Å². The molecule has 0 aliphatic carbocycles. The zero-order valence-electron chi connectivity index (χ0n) is 8.20. The zero-order valence-corrected chi connectivity index (χ0v) is 8.95. The van der Waals surface area contributed by atoms with E-state index in [1.165, 1.54) is 6.92 Å². The largest absolute Gasteiger partial charge is 0.410 e. The minimum absolute atomic E-state index is 0.0427. The molecule has 0 unspecified atom stereocenters. The summed E-state index contributed by atoms with van der Waals surface area (Å²) in [7, 11) is 0. The first-order valence-corrected chi connectivity index (χ1v) is 4.72. The second-order valence-corrected chi connectivity index (χ2v) is 3.36. The van der Waals surface area contributed by atoms with E-state index in [0.717, 1.165) is 5.56 Å². The molecule has 1 aromatic carbocycles. The molecule has 0 aliphatic rings. The van der Waals surface area contributed by atoms with Crippen molar-refractivity contribution in [3.05, 3.63) is 35.4 Å². The van der Waals surface area contributed by atoms with Gasteiger partial charge in [-0.1, -0.05) is 41.0 Å². The smallest absolute Gasteiger partial charge is 0.217 e. The summed E-state index contributed by atoms with van der Waals surface area (Å²) in [4.78, 5) is 10.7. The first-order valence-electron chi connectivity index (χ1n) is 4.35. The summed E-state index contributed by atoms with van der Waals surface area (Å²) in [5.74, 6) is -0.0750. The van der Waals surface area contributed by atoms with Gasteiger partial charge in [0.2, 0.25) is 5.91 Å². The maximum atomic E-state index is 10.7. The molecule has 0 saturated heterocycles. The average Bonchev–Trinajstić information content (AvgIpc) is 2.26. The van der Waals surface area contributed by atoms with Crippen molar-refractivity contribution in [2.75, 3.05) is 0 Å². The quantitative estimate of drug-likeness (QED) is 0.468. The topological polar surface area (TPSA) is 61.7 Å². The normalized spacial score (nSPS) is 11.2. The van der Waals surface area contributed by atoms with Gasteiger partial charge in [0, 0.05) is 19.0 Å². The summed E-state index contributed by atoms with van der Waals surface area (Å²) in [5.41, 5.74) is 1.59. The Kier molecular flexibility index (Phi) is 4.12. The number of rotatable bonds is 3. The number of hydrogen-bond donors (Lipinski definition) is 2. The van der Waals surface area contributed by atoms with Crippen LogP contribution in [0.15, 0.2) is 29.4 Å². The third kappa shape index (κ3) is 3.59. The van der Waals surface area contributed by atoms with Crippen LogP contribution in [0.25, 0.3) is 0 Å². The maximum Gasteiger partial charge on any atom is 0.217 e. The fourth-order valence-electron chi connectivity index (χ4n) is 1.04. The first kappa shape index (κ1) is 11.5. The molecule has 2 N–H and O–H groups in total. The van der Waals surface area contributed by atoms with Crippen LogP contribution in [0.2, 0.25) is 0 Å². The van der Waals surface area contributed by atoms with Gasteiger partial charge in [-0.15, -0.1) is 0 Å². The molecular weight excluding hydrogens is 216 g/mol. The molecule has 0 atom stereocenters. The first-order chi connectivity index (χ1) is 7.13. The number of carbonyl (C=O) groups is 1. The molecule has 15 heavy (non-hydrogen) atoms. The van der Waals surface area contributed by atoms with Gasteiger partial charge >= 0.3 is 0 Å². The van der Waals surface area contributed by atoms with E-state index in [1.54, 1.807) is 24.3 Å². The summed E-state index contributed by atoms with van der Waals surface area (Å²) in [6.07, 6.45) is 0. The highest BCUT2D eigenvalue weighted by atomic mass is 35.5. The predicted octanol–water partition coefficient (Wildman–Crippen LogP) is 1.70. The molecular formula is C10H11ClN2O2. The van der Waals surface area contributed by atoms with E-state index in [1.807, 2.05) is 0 Å². The molecule has 0 heterocycles. The molecule has 0 aliphatic heterocycles. The van der Waals surface area contributed by atoms with Gasteiger partial charge < -0.3 is 10.5 Å². The Morgan fingerprint density at radius 3 is 2.53 bits per heavy atom. The van der Waals surface area contributed by atoms with Crippen LogP contribution in [-0.2, 0) is 11.3 Å². The number of halogens is 1. The van der Waals surface area contributed by atoms with Gasteiger partial charge in [-0.25, -0.2) is 0 Å². The van der Waals surface area contributed by atoms with Crippen LogP contribution in [0.4, 0.5) is 0 Å². The van der Waals surface area contributed by atoms with Crippen LogP contribution < -0.4 is 5.32 Å². The van der Waals surface area contributed by atoms with Crippen LogP contribution in [0.1, 0.15) is 18.1 Å². The summed E-state index contributed by atoms with van der Waals surface area (Å²) >= 11 is 5.60. The number of benzene rings is 1. The highest BCUT2D eigenvalue weighted by Gasteiger charge is 2.00. The average molecular weight is 227 g/mol. The van der Waals surface area contributed by atoms with Crippen LogP contribution >= 0.6 is 11.6 Å². The van der Waals surface area contributed by atoms with Crippen molar-refractivity contribution in [1.29, 1.82) is 0 Å². The van der Waals surface area contributed by atoms with E-state index in [0.29, 0.717) is 12.1 Å². The van der Waals surface area contributed by atoms with E-state index in [2.05, 4.69) is 10.5 Å². The number of nitrogens with zero attached hydrogens (tertiary/aromatic N) is 1. The summed E-state index contributed by atoms with van der Waals surface area (Å²) in [6, 6.07) is 7.05. The lowest BCUT2D eigenvalue weighted by Gasteiger charge is -2.03. The lowest BCUT2D eigenvalue weighted by Crippen LogP contribution is -2.18. The Balaban J connectivity index is 2.68. The third-order valence-electron chi connectivity index (χ3n) is 1.82. The zero-order chi connectivity index (χ0) is 11.3. The number of hydrogen-bond acceptors (Lipinski definition) is 3. The minimum atomic E-state index is -0.0750. The highest BCUT2D eigenvalue weighted by molar-refractivity contribution is 6.69. The molecule has 5 heteroatoms. The van der Waals surface area contributed by atoms with E-state index in [-0.39, 0.29) is 11.1 Å². The minimum Gasteiger partial charge on any atom is -0.410 e. The van der Waals surface area contributed by atoms with Gasteiger partial charge in [0.1, 0.15) is 0 Å². The number of amides is 1. The van der Waals surface area contributed by atoms with Crippen molar-refractivity contribution in [2.24, 2.45) is 5.16 Å². The predicted molar refractivity (Wildman–Crippen MR) is 58.1 cm³/mol. The van der Waals surface area contributed by atoms with Crippen molar-refractivity contribution in [3.63, 3.8) is 0 Å². The monoisotopic (exact) mass is 226 g/mol. The fourth-order valence-corrected chi connectivity index (χ4v) is 1.17. The molecule has 0 radical (unpaired) electrons. The van der Waals surface area contributed by atoms with Crippen molar-refractivity contribution >= 4 is 22.7 Å². The summed E-state index contributed by atoms with van der Waals surface area (Å²) < 4.78 is 0. The lowest BCUT2D eigenvalue weighted by atomic mass is 10.1. The molecule has 1 rings (SSSR count). The summed E-state index contributed by atoms with van der Waals surface area (Å²) in [5, 5.41) is 14.0. The highest BCUT2D eigenvalue weighted by Crippen LogP contribution is 2.07. The van der Waals surface area contributed by atoms with E-state index in [9.17, 15) is 4.79 Å². The molecule has 0 fully saturated rings. The third-order valence-corrected chi connectivity index (χ3v) is 2.12. The number of carbonyl (C=O) groups excluding carboxylic acids is 1. The van der Waals surface area contributed by atoms with Gasteiger partial charge in [0.05, 0.1) is 0 Å². The van der Waals surface area contributed by atoms with Gasteiger partial charge in [-0.2, -0.15) is 0 Å². The standard InChI is InChI=1S/C10H11ClN2O2/c1-7(14)12-6-8-2-4-9(5-3-8)10(11)13-15/h2-5,15H,6H2,1H3,(H,12,14). The Bertz CT molecular complexity index is 374. The van der Waals surface area contributed by atoms with E-state index in [4.69, 9.17) is 16.8 Å². The molecule has 80 valence electrons. The van der Waals surface area contributed by atoms with Gasteiger partial charge in [0.25, 0.3) is 0 Å². The molecule has 1 amide bonds. The van der Waals surface area contributed by atoms with Gasteiger partial charge in [-0.05, 0) is 5.56 Å². The number of oxime groups is 1. The molecule has 0 bridgehead atoms. The Hall–Kier alpha value is -1.55. The molecule has 4 nitrogen and oxygen atoms in total. The van der Waals surface area contributed by atoms with Crippen LogP contribution in [0, 0.1) is 0 Å². The van der Waals surface area contributed by atoms with Crippen molar-refractivity contribution in [2.45, 2.75) is 13.5 Å². The van der Waals surface area contributed by atoms with Gasteiger partial charge in [0.15, 0.2) is 5.17 Å². The second kappa shape index (κ2) is 5.36. The Morgan fingerprint density at radius 1 is 1.47 bits per heavy atom. The van der Waals surface area contributed by atoms with Crippen molar-refractivity contribution in [3.8, 4) is 0 Å². The molecule has 0 aromatic heterocycles. The lowest BCUT2D eigenvalue weighted by molar-refractivity contribution is -0.119. The number of nitrogens with one attached hydrogen (secondary N) is 1. The molecule has 0 spiro atoms. The van der Waals surface area contributed by atoms with Crippen LogP contribution in [0.5, 0.6) is 0 Å². The van der Waals surface area contributed by atoms with Crippen LogP contribution in [0.3, 0.4) is 0 Å². The van der Waals surface area contributed by atoms with Crippen molar-refractivity contribution in [1.82, 2.24) is 5.32 Å². The van der Waals surface area contributed by atoms with Gasteiger partial charge in [-0.3, -0.25) is 4.79 Å². The maximum absolute atomic E-state index is 10.7. The van der Waals surface area contributed by atoms with Crippen molar-refractivity contribution < 1.29 is 10.0 Å². The Morgan fingerprint density at radius 2 is 2.07 bits per heavy atom. The summed E-state index contributed by atoms with van der Waals surface area (Å²) in [6.45, 7) is 1.94. The molecule has 1 aromatic rings.